The number of urea groups is 1. The van der Waals surface area contributed by atoms with Gasteiger partial charge in [-0.05, 0) is 32.0 Å². The topological polar surface area (TPSA) is 71.5 Å². The van der Waals surface area contributed by atoms with E-state index in [9.17, 15) is 9.59 Å². The quantitative estimate of drug-likeness (QED) is 0.857. The van der Waals surface area contributed by atoms with Gasteiger partial charge in [-0.1, -0.05) is 24.3 Å². The number of aromatic nitrogens is 1. The largest absolute Gasteiger partial charge is 0.494 e. The number of carbonyl (C=O) groups excluding carboxylic acids is 2. The van der Waals surface area contributed by atoms with Gasteiger partial charge < -0.3 is 10.1 Å². The minimum atomic E-state index is -1.15. The number of benzene rings is 1. The fraction of sp³-hybridized carbons (Fsp3) is 0.278. The van der Waals surface area contributed by atoms with Crippen LogP contribution in [-0.4, -0.2) is 28.4 Å². The van der Waals surface area contributed by atoms with E-state index in [2.05, 4.69) is 10.3 Å². The number of para-hydroxylation sites is 1. The van der Waals surface area contributed by atoms with Gasteiger partial charge in [0.2, 0.25) is 0 Å². The second kappa shape index (κ2) is 6.31. The summed E-state index contributed by atoms with van der Waals surface area (Å²) in [4.78, 5) is 30.7. The van der Waals surface area contributed by atoms with E-state index in [4.69, 9.17) is 4.74 Å². The summed E-state index contributed by atoms with van der Waals surface area (Å²) in [5, 5.41) is 2.75. The van der Waals surface area contributed by atoms with Gasteiger partial charge in [-0.15, -0.1) is 0 Å². The molecule has 6 nitrogen and oxygen atoms in total. The summed E-state index contributed by atoms with van der Waals surface area (Å²) in [6.45, 7) is 4.23. The highest BCUT2D eigenvalue weighted by Crippen LogP contribution is 2.30. The van der Waals surface area contributed by atoms with Gasteiger partial charge in [0, 0.05) is 11.8 Å². The Morgan fingerprint density at radius 3 is 2.62 bits per heavy atom. The summed E-state index contributed by atoms with van der Waals surface area (Å²) in [7, 11) is 0. The molecule has 0 saturated carbocycles. The van der Waals surface area contributed by atoms with Crippen LogP contribution in [0.1, 0.15) is 25.1 Å². The van der Waals surface area contributed by atoms with Crippen molar-refractivity contribution < 1.29 is 14.3 Å². The first-order chi connectivity index (χ1) is 11.6. The molecule has 0 radical (unpaired) electrons. The van der Waals surface area contributed by atoms with Crippen molar-refractivity contribution in [2.75, 3.05) is 6.61 Å². The molecule has 1 aliphatic heterocycles. The van der Waals surface area contributed by atoms with Crippen molar-refractivity contribution in [1.82, 2.24) is 15.2 Å². The van der Waals surface area contributed by atoms with E-state index >= 15 is 0 Å². The lowest BCUT2D eigenvalue weighted by atomic mass is 9.97. The number of carbonyl (C=O) groups is 2. The fourth-order valence-corrected chi connectivity index (χ4v) is 2.77. The third-order valence-electron chi connectivity index (χ3n) is 4.05. The van der Waals surface area contributed by atoms with Crippen molar-refractivity contribution in [3.63, 3.8) is 0 Å². The van der Waals surface area contributed by atoms with Crippen LogP contribution in [0.5, 0.6) is 5.75 Å². The van der Waals surface area contributed by atoms with Crippen LogP contribution in [0.4, 0.5) is 4.79 Å². The van der Waals surface area contributed by atoms with Crippen LogP contribution >= 0.6 is 0 Å². The lowest BCUT2D eigenvalue weighted by Gasteiger charge is -2.21. The van der Waals surface area contributed by atoms with Gasteiger partial charge in [0.15, 0.2) is 5.54 Å². The maximum atomic E-state index is 12.9. The average Bonchev–Trinajstić information content (AvgIpc) is 2.82. The van der Waals surface area contributed by atoms with Gasteiger partial charge in [0.25, 0.3) is 5.91 Å². The number of ether oxygens (including phenoxy) is 1. The van der Waals surface area contributed by atoms with E-state index < -0.39 is 11.6 Å². The highest BCUT2D eigenvalue weighted by atomic mass is 16.5. The van der Waals surface area contributed by atoms with E-state index in [1.165, 1.54) is 4.90 Å². The standard InChI is InChI=1S/C18H19N3O3/c1-3-24-14-9-5-4-8-13(14)12-21-16(22)18(2,20-17(21)23)15-10-6-7-11-19-15/h4-11H,3,12H2,1-2H3,(H,20,23)/t18-/m0/s1. The van der Waals surface area contributed by atoms with Crippen molar-refractivity contribution in [1.29, 1.82) is 0 Å². The van der Waals surface area contributed by atoms with Gasteiger partial charge in [0.1, 0.15) is 5.75 Å². The van der Waals surface area contributed by atoms with Crippen LogP contribution in [0.15, 0.2) is 48.7 Å². The number of hydrogen-bond donors (Lipinski definition) is 1. The Morgan fingerprint density at radius 2 is 1.92 bits per heavy atom. The second-order valence-corrected chi connectivity index (χ2v) is 5.70. The van der Waals surface area contributed by atoms with Gasteiger partial charge in [-0.3, -0.25) is 14.7 Å². The first-order valence-corrected chi connectivity index (χ1v) is 7.82. The summed E-state index contributed by atoms with van der Waals surface area (Å²) in [6, 6.07) is 12.3. The summed E-state index contributed by atoms with van der Waals surface area (Å²) in [5.74, 6) is 0.351. The van der Waals surface area contributed by atoms with Crippen LogP contribution in [0.2, 0.25) is 0 Å². The molecule has 1 aliphatic rings. The van der Waals surface area contributed by atoms with Crippen LogP contribution in [0, 0.1) is 0 Å². The molecule has 1 atom stereocenters. The van der Waals surface area contributed by atoms with E-state index in [1.807, 2.05) is 31.2 Å². The van der Waals surface area contributed by atoms with Crippen LogP contribution in [0.3, 0.4) is 0 Å². The second-order valence-electron chi connectivity index (χ2n) is 5.70. The Hall–Kier alpha value is -2.89. The molecule has 3 amide bonds. The van der Waals surface area contributed by atoms with E-state index in [0.717, 1.165) is 5.56 Å². The van der Waals surface area contributed by atoms with Crippen molar-refractivity contribution in [2.24, 2.45) is 0 Å². The zero-order valence-corrected chi connectivity index (χ0v) is 13.7. The molecular formula is C18H19N3O3. The highest BCUT2D eigenvalue weighted by molar-refractivity contribution is 6.06. The van der Waals surface area contributed by atoms with Gasteiger partial charge in [0.05, 0.1) is 18.8 Å². The molecule has 0 aliphatic carbocycles. The van der Waals surface area contributed by atoms with Gasteiger partial charge in [-0.25, -0.2) is 4.79 Å². The molecule has 1 aromatic heterocycles. The summed E-state index contributed by atoms with van der Waals surface area (Å²) >= 11 is 0. The molecular weight excluding hydrogens is 306 g/mol. The SMILES string of the molecule is CCOc1ccccc1CN1C(=O)N[C@@](C)(c2ccccn2)C1=O. The fourth-order valence-electron chi connectivity index (χ4n) is 2.77. The Bertz CT molecular complexity index is 763. The van der Waals surface area contributed by atoms with Gasteiger partial charge in [-0.2, -0.15) is 0 Å². The lowest BCUT2D eigenvalue weighted by molar-refractivity contribution is -0.131. The first kappa shape index (κ1) is 16.0. The molecule has 0 spiro atoms. The van der Waals surface area contributed by atoms with E-state index in [-0.39, 0.29) is 12.5 Å². The molecule has 6 heteroatoms. The van der Waals surface area contributed by atoms with Gasteiger partial charge >= 0.3 is 6.03 Å². The monoisotopic (exact) mass is 325 g/mol. The van der Waals surface area contributed by atoms with Crippen molar-refractivity contribution in [2.45, 2.75) is 25.9 Å². The smallest absolute Gasteiger partial charge is 0.325 e. The zero-order valence-electron chi connectivity index (χ0n) is 13.7. The molecule has 2 aromatic rings. The van der Waals surface area contributed by atoms with Crippen molar-refractivity contribution >= 4 is 11.9 Å². The Morgan fingerprint density at radius 1 is 1.17 bits per heavy atom. The molecule has 1 aromatic carbocycles. The minimum absolute atomic E-state index is 0.156. The van der Waals surface area contributed by atoms with Crippen LogP contribution < -0.4 is 10.1 Å². The predicted molar refractivity (Wildman–Crippen MR) is 88.3 cm³/mol. The molecule has 124 valence electrons. The number of rotatable bonds is 5. The Balaban J connectivity index is 1.88. The Labute approximate surface area is 140 Å². The molecule has 1 N–H and O–H groups in total. The van der Waals surface area contributed by atoms with Crippen LogP contribution in [-0.2, 0) is 16.9 Å². The molecule has 1 fully saturated rings. The number of nitrogens with zero attached hydrogens (tertiary/aromatic N) is 2. The third kappa shape index (κ3) is 2.71. The predicted octanol–water partition coefficient (Wildman–Crippen LogP) is 2.45. The summed E-state index contributed by atoms with van der Waals surface area (Å²) in [5.41, 5.74) is 0.149. The minimum Gasteiger partial charge on any atom is -0.494 e. The average molecular weight is 325 g/mol. The number of amides is 3. The van der Waals surface area contributed by atoms with Crippen molar-refractivity contribution in [3.8, 4) is 5.75 Å². The maximum Gasteiger partial charge on any atom is 0.325 e. The summed E-state index contributed by atoms with van der Waals surface area (Å²) < 4.78 is 5.57. The zero-order chi connectivity index (χ0) is 17.2. The van der Waals surface area contributed by atoms with E-state index in [0.29, 0.717) is 18.1 Å². The number of nitrogens with one attached hydrogen (secondary N) is 1. The van der Waals surface area contributed by atoms with Crippen LogP contribution in [0.25, 0.3) is 0 Å². The molecule has 24 heavy (non-hydrogen) atoms. The Kier molecular flexibility index (Phi) is 4.20. The normalized spacial score (nSPS) is 20.2. The lowest BCUT2D eigenvalue weighted by Crippen LogP contribution is -2.41. The van der Waals surface area contributed by atoms with E-state index in [1.54, 1.807) is 31.3 Å². The number of hydrogen-bond acceptors (Lipinski definition) is 4. The molecule has 2 heterocycles. The molecule has 0 bridgehead atoms. The first-order valence-electron chi connectivity index (χ1n) is 7.82. The molecule has 1 saturated heterocycles. The number of pyridine rings is 1. The maximum absolute atomic E-state index is 12.9. The third-order valence-corrected chi connectivity index (χ3v) is 4.05. The molecule has 0 unspecified atom stereocenters. The summed E-state index contributed by atoms with van der Waals surface area (Å²) in [6.07, 6.45) is 1.60. The number of imide groups is 1. The van der Waals surface area contributed by atoms with Crippen molar-refractivity contribution in [3.05, 3.63) is 59.9 Å². The highest BCUT2D eigenvalue weighted by Gasteiger charge is 2.49. The molecule has 3 rings (SSSR count).